The van der Waals surface area contributed by atoms with Crippen molar-refractivity contribution in [1.82, 2.24) is 33.7 Å². The first-order chi connectivity index (χ1) is 16.4. The van der Waals surface area contributed by atoms with Crippen LogP contribution in [-0.4, -0.2) is 46.4 Å². The van der Waals surface area contributed by atoms with Crippen LogP contribution in [0.2, 0.25) is 0 Å². The van der Waals surface area contributed by atoms with Gasteiger partial charge in [0.05, 0.1) is 29.2 Å². The Morgan fingerprint density at radius 3 is 2.74 bits per heavy atom. The first-order valence-corrected chi connectivity index (χ1v) is 12.0. The van der Waals surface area contributed by atoms with Gasteiger partial charge in [-0.05, 0) is 62.5 Å². The molecule has 10 heteroatoms. The van der Waals surface area contributed by atoms with E-state index in [-0.39, 0.29) is 22.2 Å². The maximum Gasteiger partial charge on any atom is 0.330 e. The maximum atomic E-state index is 13.6. The Hall–Kier alpha value is -3.27. The molecule has 4 aliphatic rings. The number of anilines is 2. The molecule has 0 aromatic carbocycles. The first-order valence-electron chi connectivity index (χ1n) is 12.0. The second-order valence-electron chi connectivity index (χ2n) is 11.0. The minimum atomic E-state index is -0.177. The van der Waals surface area contributed by atoms with Crippen molar-refractivity contribution in [2.75, 3.05) is 12.4 Å². The van der Waals surface area contributed by atoms with E-state index >= 15 is 0 Å². The van der Waals surface area contributed by atoms with Gasteiger partial charge in [-0.25, -0.2) is 19.3 Å². The lowest BCUT2D eigenvalue weighted by Crippen LogP contribution is -2.74. The Bertz CT molecular complexity index is 1580. The fraction of sp³-hybridized carbons (Fsp3) is 0.542. The molecular formula is C24H26N8O2. The number of rotatable bonds is 4. The molecule has 2 unspecified atom stereocenters. The second kappa shape index (κ2) is 5.68. The molecule has 4 fully saturated rings. The number of fused-ring (bicyclic) bond motifs is 3. The summed E-state index contributed by atoms with van der Waals surface area (Å²) >= 11 is 0. The number of pyridine rings is 1. The summed E-state index contributed by atoms with van der Waals surface area (Å²) in [6.45, 7) is 2.01. The summed E-state index contributed by atoms with van der Waals surface area (Å²) in [7, 11) is 3.69. The monoisotopic (exact) mass is 458 g/mol. The average Bonchev–Trinajstić information content (AvgIpc) is 3.52. The van der Waals surface area contributed by atoms with Crippen LogP contribution in [0.3, 0.4) is 0 Å². The maximum absolute atomic E-state index is 13.6. The van der Waals surface area contributed by atoms with Crippen LogP contribution in [0.25, 0.3) is 16.8 Å². The molecule has 0 aliphatic heterocycles. The molecule has 4 aromatic heterocycles. The van der Waals surface area contributed by atoms with Gasteiger partial charge in [-0.3, -0.25) is 9.13 Å². The van der Waals surface area contributed by atoms with Crippen LogP contribution in [0.5, 0.6) is 0 Å². The third kappa shape index (κ3) is 1.90. The van der Waals surface area contributed by atoms with Crippen LogP contribution in [0.1, 0.15) is 37.7 Å². The van der Waals surface area contributed by atoms with E-state index in [1.807, 2.05) is 37.9 Å². The minimum absolute atomic E-state index is 0.00341. The van der Waals surface area contributed by atoms with Crippen molar-refractivity contribution in [3.8, 4) is 0 Å². The molecule has 10 nitrogen and oxygen atoms in total. The molecule has 0 saturated heterocycles. The molecule has 34 heavy (non-hydrogen) atoms. The molecule has 0 amide bonds. The van der Waals surface area contributed by atoms with Gasteiger partial charge in [0.2, 0.25) is 5.95 Å². The van der Waals surface area contributed by atoms with Crippen molar-refractivity contribution in [1.29, 1.82) is 0 Å². The van der Waals surface area contributed by atoms with E-state index in [0.717, 1.165) is 54.5 Å². The molecule has 4 heterocycles. The number of ether oxygens (including phenoxy) is 1. The van der Waals surface area contributed by atoms with E-state index in [2.05, 4.69) is 20.4 Å². The molecule has 0 radical (unpaired) electrons. The Morgan fingerprint density at radius 2 is 1.97 bits per heavy atom. The van der Waals surface area contributed by atoms with Gasteiger partial charge in [0, 0.05) is 19.6 Å². The zero-order chi connectivity index (χ0) is 23.0. The van der Waals surface area contributed by atoms with Crippen molar-refractivity contribution in [3.05, 3.63) is 40.8 Å². The van der Waals surface area contributed by atoms with E-state index in [0.29, 0.717) is 23.4 Å². The topological polar surface area (TPSA) is 104 Å². The number of nitrogens with one attached hydrogen (secondary N) is 1. The standard InChI is InChI=1S/C24H26N8O2/c1-13-4-18-26-12-27-31(18)10-16(13)28-20-25-9-17-19(29-20)32(21(33)30(17)2)22-5-14-7-23(34-3)8-15(6-22)24(14,23)11-22/h4,9-10,12,14-15H,5-8,11H2,1-3H3,(H,25,28,29). The van der Waals surface area contributed by atoms with Gasteiger partial charge in [-0.1, -0.05) is 0 Å². The third-order valence-corrected chi connectivity index (χ3v) is 9.87. The third-order valence-electron chi connectivity index (χ3n) is 9.87. The number of aromatic nitrogens is 7. The van der Waals surface area contributed by atoms with Crippen LogP contribution in [0.4, 0.5) is 11.6 Å². The lowest BCUT2D eigenvalue weighted by Gasteiger charge is -2.73. The summed E-state index contributed by atoms with van der Waals surface area (Å²) < 4.78 is 11.5. The molecule has 1 N–H and O–H groups in total. The van der Waals surface area contributed by atoms with Crippen LogP contribution in [0.15, 0.2) is 29.6 Å². The Morgan fingerprint density at radius 1 is 1.18 bits per heavy atom. The van der Waals surface area contributed by atoms with Gasteiger partial charge in [0.15, 0.2) is 11.3 Å². The van der Waals surface area contributed by atoms with E-state index in [1.165, 1.54) is 6.33 Å². The predicted molar refractivity (Wildman–Crippen MR) is 124 cm³/mol. The SMILES string of the molecule is COC12CC3CC4(n5c(=O)n(C)c6cnc(Nc7cn8ncnc8cc7C)nc65)CC(C1)C32C4. The predicted octanol–water partition coefficient (Wildman–Crippen LogP) is 2.53. The van der Waals surface area contributed by atoms with Gasteiger partial charge >= 0.3 is 5.69 Å². The molecule has 2 bridgehead atoms. The molecule has 174 valence electrons. The lowest BCUT2D eigenvalue weighted by atomic mass is 9.35. The molecular weight excluding hydrogens is 432 g/mol. The smallest absolute Gasteiger partial charge is 0.330 e. The normalized spacial score (nSPS) is 34.9. The van der Waals surface area contributed by atoms with Crippen LogP contribution in [-0.2, 0) is 17.3 Å². The van der Waals surface area contributed by atoms with E-state index in [1.54, 1.807) is 15.3 Å². The quantitative estimate of drug-likeness (QED) is 0.501. The van der Waals surface area contributed by atoms with Gasteiger partial charge in [-0.2, -0.15) is 10.1 Å². The lowest BCUT2D eigenvalue weighted by molar-refractivity contribution is -0.317. The van der Waals surface area contributed by atoms with E-state index in [4.69, 9.17) is 9.72 Å². The molecule has 4 aromatic rings. The fourth-order valence-electron chi connectivity index (χ4n) is 8.51. The van der Waals surface area contributed by atoms with Crippen molar-refractivity contribution >= 4 is 28.4 Å². The zero-order valence-electron chi connectivity index (χ0n) is 19.4. The molecule has 8 rings (SSSR count). The zero-order valence-corrected chi connectivity index (χ0v) is 19.4. The Labute approximate surface area is 195 Å². The summed E-state index contributed by atoms with van der Waals surface area (Å²) in [5, 5.41) is 7.57. The largest absolute Gasteiger partial charge is 0.378 e. The summed E-state index contributed by atoms with van der Waals surface area (Å²) in [5.74, 6) is 1.77. The molecule has 2 atom stereocenters. The fourth-order valence-corrected chi connectivity index (χ4v) is 8.51. The van der Waals surface area contributed by atoms with E-state index < -0.39 is 0 Å². The number of nitrogens with zero attached hydrogens (tertiary/aromatic N) is 7. The van der Waals surface area contributed by atoms with Crippen molar-refractivity contribution in [3.63, 3.8) is 0 Å². The number of hydrogen-bond donors (Lipinski definition) is 1. The van der Waals surface area contributed by atoms with Crippen molar-refractivity contribution in [2.45, 2.75) is 50.2 Å². The van der Waals surface area contributed by atoms with Crippen LogP contribution >= 0.6 is 0 Å². The average molecular weight is 459 g/mol. The Kier molecular flexibility index (Phi) is 3.19. The summed E-state index contributed by atoms with van der Waals surface area (Å²) in [6, 6.07) is 1.97. The van der Waals surface area contributed by atoms with Crippen LogP contribution < -0.4 is 11.0 Å². The molecule has 4 aliphatic carbocycles. The molecule has 4 saturated carbocycles. The number of hydrogen-bond acceptors (Lipinski definition) is 7. The number of imidazole rings is 1. The summed E-state index contributed by atoms with van der Waals surface area (Å²) in [6.07, 6.45) is 10.6. The number of aryl methyl sites for hydroxylation is 2. The minimum Gasteiger partial charge on any atom is -0.378 e. The summed E-state index contributed by atoms with van der Waals surface area (Å²) in [4.78, 5) is 27.3. The van der Waals surface area contributed by atoms with Crippen molar-refractivity contribution < 1.29 is 4.74 Å². The van der Waals surface area contributed by atoms with Gasteiger partial charge in [-0.15, -0.1) is 0 Å². The van der Waals surface area contributed by atoms with E-state index in [9.17, 15) is 4.79 Å². The highest BCUT2D eigenvalue weighted by Gasteiger charge is 2.85. The second-order valence-corrected chi connectivity index (χ2v) is 11.0. The highest BCUT2D eigenvalue weighted by Crippen LogP contribution is 2.86. The first kappa shape index (κ1) is 19.1. The van der Waals surface area contributed by atoms with Gasteiger partial charge < -0.3 is 10.1 Å². The van der Waals surface area contributed by atoms with Gasteiger partial charge in [0.1, 0.15) is 11.8 Å². The molecule has 1 spiro atoms. The highest BCUT2D eigenvalue weighted by atomic mass is 16.5. The number of methoxy groups -OCH3 is 1. The highest BCUT2D eigenvalue weighted by molar-refractivity contribution is 5.74. The summed E-state index contributed by atoms with van der Waals surface area (Å²) in [5.41, 5.74) is 4.27. The Balaban J connectivity index is 1.25. The van der Waals surface area contributed by atoms with Gasteiger partial charge in [0.25, 0.3) is 0 Å². The van der Waals surface area contributed by atoms with Crippen LogP contribution in [0, 0.1) is 24.2 Å². The van der Waals surface area contributed by atoms with Crippen molar-refractivity contribution in [2.24, 2.45) is 24.3 Å².